The van der Waals surface area contributed by atoms with Crippen molar-refractivity contribution in [3.63, 3.8) is 0 Å². The molecule has 1 aliphatic rings. The Kier molecular flexibility index (Phi) is 8.62. The van der Waals surface area contributed by atoms with E-state index in [2.05, 4.69) is 0 Å². The molecule has 164 valence electrons. The van der Waals surface area contributed by atoms with Gasteiger partial charge < -0.3 is 24.8 Å². The second kappa shape index (κ2) is 10.9. The molecule has 1 heterocycles. The molecular weight excluding hydrogens is 388 g/mol. The summed E-state index contributed by atoms with van der Waals surface area (Å²) in [5.41, 5.74) is 0.340. The molecule has 4 atom stereocenters. The summed E-state index contributed by atoms with van der Waals surface area (Å²) >= 11 is 0. The molecule has 2 rings (SSSR count). The van der Waals surface area contributed by atoms with E-state index in [-0.39, 0.29) is 23.7 Å². The van der Waals surface area contributed by atoms with Gasteiger partial charge in [0.15, 0.2) is 5.78 Å². The van der Waals surface area contributed by atoms with E-state index < -0.39 is 30.1 Å². The Balaban J connectivity index is 2.44. The maximum absolute atomic E-state index is 12.8. The van der Waals surface area contributed by atoms with Crippen LogP contribution in [0, 0.1) is 5.92 Å². The van der Waals surface area contributed by atoms with Gasteiger partial charge in [-0.1, -0.05) is 38.5 Å². The van der Waals surface area contributed by atoms with Gasteiger partial charge in [0.1, 0.15) is 29.3 Å². The third-order valence-corrected chi connectivity index (χ3v) is 5.02. The van der Waals surface area contributed by atoms with E-state index in [0.717, 1.165) is 12.8 Å². The number of phenolic OH excluding ortho intramolecular Hbond substituents is 1. The van der Waals surface area contributed by atoms with E-state index in [4.69, 9.17) is 9.47 Å². The lowest BCUT2D eigenvalue weighted by Gasteiger charge is -2.20. The first-order chi connectivity index (χ1) is 14.2. The summed E-state index contributed by atoms with van der Waals surface area (Å²) in [6.07, 6.45) is 4.06. The SMILES string of the molecule is CCCCOc1cc(O)c2c(c1)/C=C/C[C@H](O)C(O)C(=O)/C=C\[C@@H](C)[C@H](C)OC2=O. The van der Waals surface area contributed by atoms with E-state index in [1.807, 2.05) is 6.92 Å². The number of esters is 1. The molecule has 0 fully saturated rings. The monoisotopic (exact) mass is 418 g/mol. The number of carbonyl (C=O) groups is 2. The number of carbonyl (C=O) groups excluding carboxylic acids is 2. The second-order valence-electron chi connectivity index (χ2n) is 7.49. The predicted octanol–water partition coefficient (Wildman–Crippen LogP) is 3.02. The van der Waals surface area contributed by atoms with Crippen LogP contribution in [-0.4, -0.2) is 52.0 Å². The largest absolute Gasteiger partial charge is 0.507 e. The summed E-state index contributed by atoms with van der Waals surface area (Å²) in [5.74, 6) is -1.53. The number of benzene rings is 1. The van der Waals surface area contributed by atoms with Crippen molar-refractivity contribution in [2.75, 3.05) is 6.61 Å². The van der Waals surface area contributed by atoms with Crippen LogP contribution in [0.3, 0.4) is 0 Å². The standard InChI is InChI=1S/C23H30O7/c1-4-5-11-29-17-12-16-7-6-8-18(24)22(27)19(25)10-9-14(2)15(3)30-23(28)21(16)20(26)13-17/h6-7,9-10,12-15,18,22,24,26-27H,4-5,8,11H2,1-3H3/b7-6+,10-9-/t14-,15+,18+,22?/m1/s1. The number of hydrogen-bond acceptors (Lipinski definition) is 7. The number of unbranched alkanes of at least 4 members (excludes halogenated alkanes) is 1. The molecule has 7 nitrogen and oxygen atoms in total. The van der Waals surface area contributed by atoms with Gasteiger partial charge in [-0.2, -0.15) is 0 Å². The van der Waals surface area contributed by atoms with Crippen molar-refractivity contribution < 1.29 is 34.4 Å². The number of phenols is 1. The summed E-state index contributed by atoms with van der Waals surface area (Å²) in [6, 6.07) is 2.98. The Bertz CT molecular complexity index is 812. The van der Waals surface area contributed by atoms with Gasteiger partial charge in [0.25, 0.3) is 0 Å². The van der Waals surface area contributed by atoms with E-state index in [0.29, 0.717) is 17.9 Å². The maximum atomic E-state index is 12.8. The van der Waals surface area contributed by atoms with Gasteiger partial charge in [0, 0.05) is 12.0 Å². The first-order valence-corrected chi connectivity index (χ1v) is 10.2. The molecule has 30 heavy (non-hydrogen) atoms. The molecule has 0 saturated heterocycles. The van der Waals surface area contributed by atoms with Crippen molar-refractivity contribution in [3.8, 4) is 11.5 Å². The molecule has 1 aromatic rings. The fourth-order valence-electron chi connectivity index (χ4n) is 2.88. The molecule has 1 aromatic carbocycles. The molecule has 0 radical (unpaired) electrons. The zero-order valence-electron chi connectivity index (χ0n) is 17.6. The van der Waals surface area contributed by atoms with Gasteiger partial charge in [-0.05, 0) is 37.5 Å². The molecule has 0 saturated carbocycles. The number of rotatable bonds is 4. The smallest absolute Gasteiger partial charge is 0.342 e. The molecule has 0 spiro atoms. The highest BCUT2D eigenvalue weighted by molar-refractivity contribution is 5.97. The number of aliphatic hydroxyl groups excluding tert-OH is 2. The summed E-state index contributed by atoms with van der Waals surface area (Å²) < 4.78 is 11.1. The van der Waals surface area contributed by atoms with Crippen LogP contribution in [0.25, 0.3) is 6.08 Å². The van der Waals surface area contributed by atoms with Gasteiger partial charge in [-0.15, -0.1) is 0 Å². The fourth-order valence-corrected chi connectivity index (χ4v) is 2.88. The molecule has 0 bridgehead atoms. The fraction of sp³-hybridized carbons (Fsp3) is 0.478. The van der Waals surface area contributed by atoms with E-state index in [1.54, 1.807) is 19.9 Å². The first-order valence-electron chi connectivity index (χ1n) is 10.2. The lowest BCUT2D eigenvalue weighted by molar-refractivity contribution is -0.127. The Morgan fingerprint density at radius 2 is 1.90 bits per heavy atom. The first kappa shape index (κ1) is 23.6. The summed E-state index contributed by atoms with van der Waals surface area (Å²) in [4.78, 5) is 24.8. The minimum absolute atomic E-state index is 0.0136. The van der Waals surface area contributed by atoms with Crippen LogP contribution >= 0.6 is 0 Å². The van der Waals surface area contributed by atoms with Crippen LogP contribution in [0.5, 0.6) is 11.5 Å². The van der Waals surface area contributed by atoms with E-state index in [1.165, 1.54) is 30.4 Å². The Hall–Kier alpha value is -2.64. The van der Waals surface area contributed by atoms with Crippen molar-refractivity contribution in [1.29, 1.82) is 0 Å². The Morgan fingerprint density at radius 3 is 2.60 bits per heavy atom. The molecule has 0 aliphatic carbocycles. The van der Waals surface area contributed by atoms with Crippen molar-refractivity contribution in [3.05, 3.63) is 41.5 Å². The number of hydrogen-bond donors (Lipinski definition) is 3. The average molecular weight is 418 g/mol. The molecule has 7 heteroatoms. The molecule has 0 aromatic heterocycles. The number of aromatic hydroxyl groups is 1. The van der Waals surface area contributed by atoms with Crippen LogP contribution in [-0.2, 0) is 9.53 Å². The van der Waals surface area contributed by atoms with Crippen LogP contribution < -0.4 is 4.74 Å². The van der Waals surface area contributed by atoms with Crippen LogP contribution in [0.15, 0.2) is 30.4 Å². The van der Waals surface area contributed by atoms with E-state index >= 15 is 0 Å². The van der Waals surface area contributed by atoms with Crippen molar-refractivity contribution in [1.82, 2.24) is 0 Å². The normalized spacial score (nSPS) is 27.5. The number of cyclic esters (lactones) is 1. The van der Waals surface area contributed by atoms with Crippen LogP contribution in [0.1, 0.15) is 56.0 Å². The molecule has 0 amide bonds. The zero-order valence-corrected chi connectivity index (χ0v) is 17.6. The summed E-state index contributed by atoms with van der Waals surface area (Å²) in [7, 11) is 0. The van der Waals surface area contributed by atoms with Crippen molar-refractivity contribution in [2.45, 2.75) is 58.3 Å². The van der Waals surface area contributed by atoms with Crippen molar-refractivity contribution >= 4 is 17.8 Å². The van der Waals surface area contributed by atoms with Gasteiger partial charge in [-0.3, -0.25) is 4.79 Å². The minimum atomic E-state index is -1.56. The topological polar surface area (TPSA) is 113 Å². The second-order valence-corrected chi connectivity index (χ2v) is 7.49. The highest BCUT2D eigenvalue weighted by atomic mass is 16.5. The molecule has 1 unspecified atom stereocenters. The molecular formula is C23H30O7. The van der Waals surface area contributed by atoms with Gasteiger partial charge in [-0.25, -0.2) is 4.79 Å². The third-order valence-electron chi connectivity index (χ3n) is 5.02. The highest BCUT2D eigenvalue weighted by Gasteiger charge is 2.25. The Labute approximate surface area is 176 Å². The Morgan fingerprint density at radius 1 is 1.17 bits per heavy atom. The highest BCUT2D eigenvalue weighted by Crippen LogP contribution is 2.31. The lowest BCUT2D eigenvalue weighted by Crippen LogP contribution is -2.32. The number of aliphatic hydroxyl groups is 2. The van der Waals surface area contributed by atoms with Crippen molar-refractivity contribution in [2.24, 2.45) is 5.92 Å². The summed E-state index contributed by atoms with van der Waals surface area (Å²) in [6.45, 7) is 5.92. The van der Waals surface area contributed by atoms with Gasteiger partial charge in [0.05, 0.1) is 12.7 Å². The van der Waals surface area contributed by atoms with Crippen LogP contribution in [0.4, 0.5) is 0 Å². The summed E-state index contributed by atoms with van der Waals surface area (Å²) in [5, 5.41) is 30.6. The number of ketones is 1. The zero-order chi connectivity index (χ0) is 22.3. The van der Waals surface area contributed by atoms with E-state index in [9.17, 15) is 24.9 Å². The van der Waals surface area contributed by atoms with Gasteiger partial charge >= 0.3 is 5.97 Å². The van der Waals surface area contributed by atoms with Gasteiger partial charge in [0.2, 0.25) is 0 Å². The molecule has 3 N–H and O–H groups in total. The average Bonchev–Trinajstić information content (AvgIpc) is 2.70. The minimum Gasteiger partial charge on any atom is -0.507 e. The maximum Gasteiger partial charge on any atom is 0.342 e. The third kappa shape index (κ3) is 6.18. The number of fused-ring (bicyclic) bond motifs is 1. The number of ether oxygens (including phenoxy) is 2. The quantitative estimate of drug-likeness (QED) is 0.509. The van der Waals surface area contributed by atoms with Crippen LogP contribution in [0.2, 0.25) is 0 Å². The lowest BCUT2D eigenvalue weighted by atomic mass is 9.99. The molecule has 1 aliphatic heterocycles. The predicted molar refractivity (Wildman–Crippen MR) is 112 cm³/mol.